The SMILES string of the molecule is COc1ccc(-n2cncc2I)cc1. The fourth-order valence-corrected chi connectivity index (χ4v) is 1.78. The predicted molar refractivity (Wildman–Crippen MR) is 62.8 cm³/mol. The second-order valence-electron chi connectivity index (χ2n) is 2.78. The maximum atomic E-state index is 5.09. The van der Waals surface area contributed by atoms with Gasteiger partial charge in [-0.2, -0.15) is 0 Å². The molecule has 0 N–H and O–H groups in total. The van der Waals surface area contributed by atoms with E-state index in [9.17, 15) is 0 Å². The van der Waals surface area contributed by atoms with Crippen molar-refractivity contribution in [2.45, 2.75) is 0 Å². The Labute approximate surface area is 95.9 Å². The third kappa shape index (κ3) is 1.75. The molecule has 72 valence electrons. The zero-order valence-electron chi connectivity index (χ0n) is 7.64. The quantitative estimate of drug-likeness (QED) is 0.797. The van der Waals surface area contributed by atoms with E-state index in [1.807, 2.05) is 35.0 Å². The van der Waals surface area contributed by atoms with Gasteiger partial charge in [-0.1, -0.05) is 0 Å². The van der Waals surface area contributed by atoms with Crippen LogP contribution in [0, 0.1) is 3.70 Å². The molecule has 0 saturated heterocycles. The van der Waals surface area contributed by atoms with Gasteiger partial charge in [-0.25, -0.2) is 4.98 Å². The van der Waals surface area contributed by atoms with Crippen LogP contribution < -0.4 is 4.74 Å². The molecule has 1 aromatic carbocycles. The Kier molecular flexibility index (Phi) is 2.72. The molecule has 2 rings (SSSR count). The van der Waals surface area contributed by atoms with Crippen LogP contribution >= 0.6 is 22.6 Å². The molecule has 0 spiro atoms. The molecule has 0 unspecified atom stereocenters. The maximum absolute atomic E-state index is 5.09. The molecule has 0 atom stereocenters. The van der Waals surface area contributed by atoms with Crippen molar-refractivity contribution in [2.75, 3.05) is 7.11 Å². The molecular weight excluding hydrogens is 291 g/mol. The maximum Gasteiger partial charge on any atom is 0.119 e. The van der Waals surface area contributed by atoms with E-state index in [1.165, 1.54) is 0 Å². The lowest BCUT2D eigenvalue weighted by Gasteiger charge is -2.04. The van der Waals surface area contributed by atoms with Gasteiger partial charge in [0, 0.05) is 5.69 Å². The summed E-state index contributed by atoms with van der Waals surface area (Å²) in [5.41, 5.74) is 1.09. The smallest absolute Gasteiger partial charge is 0.119 e. The highest BCUT2D eigenvalue weighted by Crippen LogP contribution is 2.16. The van der Waals surface area contributed by atoms with Gasteiger partial charge in [0.2, 0.25) is 0 Å². The minimum atomic E-state index is 0.865. The largest absolute Gasteiger partial charge is 0.497 e. The number of halogens is 1. The average molecular weight is 300 g/mol. The molecule has 0 radical (unpaired) electrons. The Balaban J connectivity index is 2.39. The normalized spacial score (nSPS) is 10.1. The Morgan fingerprint density at radius 3 is 2.50 bits per heavy atom. The average Bonchev–Trinajstić information content (AvgIpc) is 2.65. The summed E-state index contributed by atoms with van der Waals surface area (Å²) in [6.45, 7) is 0. The lowest BCUT2D eigenvalue weighted by atomic mass is 10.3. The topological polar surface area (TPSA) is 27.1 Å². The van der Waals surface area contributed by atoms with Crippen LogP contribution in [-0.4, -0.2) is 16.7 Å². The van der Waals surface area contributed by atoms with Gasteiger partial charge in [0.15, 0.2) is 0 Å². The first-order valence-electron chi connectivity index (χ1n) is 4.13. The molecule has 2 aromatic rings. The third-order valence-corrected chi connectivity index (χ3v) is 2.74. The molecule has 0 fully saturated rings. The minimum Gasteiger partial charge on any atom is -0.497 e. The summed E-state index contributed by atoms with van der Waals surface area (Å²) in [7, 11) is 1.66. The summed E-state index contributed by atoms with van der Waals surface area (Å²) in [4.78, 5) is 4.06. The predicted octanol–water partition coefficient (Wildman–Crippen LogP) is 2.49. The first-order valence-corrected chi connectivity index (χ1v) is 5.21. The van der Waals surface area contributed by atoms with E-state index in [4.69, 9.17) is 4.74 Å². The Morgan fingerprint density at radius 2 is 2.00 bits per heavy atom. The van der Waals surface area contributed by atoms with Crippen molar-refractivity contribution >= 4 is 22.6 Å². The fraction of sp³-hybridized carbons (Fsp3) is 0.100. The van der Waals surface area contributed by atoms with Gasteiger partial charge in [0.1, 0.15) is 15.8 Å². The highest BCUT2D eigenvalue weighted by molar-refractivity contribution is 14.1. The molecule has 0 amide bonds. The number of aromatic nitrogens is 2. The molecule has 1 aromatic heterocycles. The fourth-order valence-electron chi connectivity index (χ4n) is 1.21. The van der Waals surface area contributed by atoms with Crippen molar-refractivity contribution < 1.29 is 4.74 Å². The highest BCUT2D eigenvalue weighted by Gasteiger charge is 2.00. The van der Waals surface area contributed by atoms with E-state index in [-0.39, 0.29) is 0 Å². The monoisotopic (exact) mass is 300 g/mol. The molecule has 1 heterocycles. The van der Waals surface area contributed by atoms with Crippen LogP contribution in [0.2, 0.25) is 0 Å². The zero-order chi connectivity index (χ0) is 9.97. The van der Waals surface area contributed by atoms with Gasteiger partial charge in [-0.15, -0.1) is 0 Å². The van der Waals surface area contributed by atoms with Crippen LogP contribution in [-0.2, 0) is 0 Å². The van der Waals surface area contributed by atoms with Crippen LogP contribution in [0.15, 0.2) is 36.8 Å². The first kappa shape index (κ1) is 9.51. The van der Waals surface area contributed by atoms with E-state index < -0.39 is 0 Å². The van der Waals surface area contributed by atoms with Gasteiger partial charge in [-0.05, 0) is 46.9 Å². The number of imidazole rings is 1. The van der Waals surface area contributed by atoms with E-state index in [1.54, 1.807) is 13.4 Å². The standard InChI is InChI=1S/C10H9IN2O/c1-14-9-4-2-8(3-5-9)13-7-12-6-10(13)11/h2-7H,1H3. The van der Waals surface area contributed by atoms with E-state index in [0.29, 0.717) is 0 Å². The van der Waals surface area contributed by atoms with Gasteiger partial charge in [-0.3, -0.25) is 4.57 Å². The Hall–Kier alpha value is -1.04. The van der Waals surface area contributed by atoms with Gasteiger partial charge in [0.25, 0.3) is 0 Å². The van der Waals surface area contributed by atoms with Gasteiger partial charge >= 0.3 is 0 Å². The first-order chi connectivity index (χ1) is 6.81. The third-order valence-electron chi connectivity index (χ3n) is 1.94. The van der Waals surface area contributed by atoms with E-state index >= 15 is 0 Å². The Bertz CT molecular complexity index is 422. The summed E-state index contributed by atoms with van der Waals surface area (Å²) in [5, 5.41) is 0. The van der Waals surface area contributed by atoms with Crippen molar-refractivity contribution in [3.8, 4) is 11.4 Å². The van der Waals surface area contributed by atoms with Crippen molar-refractivity contribution in [1.29, 1.82) is 0 Å². The molecule has 0 saturated carbocycles. The molecule has 0 aliphatic carbocycles. The van der Waals surface area contributed by atoms with Crippen molar-refractivity contribution in [3.05, 3.63) is 40.5 Å². The van der Waals surface area contributed by atoms with Gasteiger partial charge in [0.05, 0.1) is 13.3 Å². The van der Waals surface area contributed by atoms with Crippen LogP contribution in [0.1, 0.15) is 0 Å². The van der Waals surface area contributed by atoms with E-state index in [2.05, 4.69) is 27.6 Å². The number of rotatable bonds is 2. The number of hydrogen-bond donors (Lipinski definition) is 0. The van der Waals surface area contributed by atoms with Crippen molar-refractivity contribution in [1.82, 2.24) is 9.55 Å². The van der Waals surface area contributed by atoms with Crippen LogP contribution in [0.3, 0.4) is 0 Å². The number of ether oxygens (including phenoxy) is 1. The molecule has 4 heteroatoms. The van der Waals surface area contributed by atoms with Crippen molar-refractivity contribution in [2.24, 2.45) is 0 Å². The summed E-state index contributed by atoms with van der Waals surface area (Å²) in [6.07, 6.45) is 3.62. The summed E-state index contributed by atoms with van der Waals surface area (Å²) in [6, 6.07) is 7.88. The molecule has 14 heavy (non-hydrogen) atoms. The molecule has 0 aliphatic rings. The Morgan fingerprint density at radius 1 is 1.29 bits per heavy atom. The van der Waals surface area contributed by atoms with Crippen LogP contribution in [0.25, 0.3) is 5.69 Å². The second kappa shape index (κ2) is 4.00. The summed E-state index contributed by atoms with van der Waals surface area (Å²) >= 11 is 2.25. The zero-order valence-corrected chi connectivity index (χ0v) is 9.80. The number of hydrogen-bond acceptors (Lipinski definition) is 2. The van der Waals surface area contributed by atoms with Gasteiger partial charge < -0.3 is 4.74 Å². The number of methoxy groups -OCH3 is 1. The van der Waals surface area contributed by atoms with Crippen LogP contribution in [0.4, 0.5) is 0 Å². The number of nitrogens with zero attached hydrogens (tertiary/aromatic N) is 2. The molecular formula is C10H9IN2O. The molecule has 3 nitrogen and oxygen atoms in total. The lowest BCUT2D eigenvalue weighted by molar-refractivity contribution is 0.414. The van der Waals surface area contributed by atoms with Crippen molar-refractivity contribution in [3.63, 3.8) is 0 Å². The molecule has 0 bridgehead atoms. The van der Waals surface area contributed by atoms with E-state index in [0.717, 1.165) is 15.1 Å². The highest BCUT2D eigenvalue weighted by atomic mass is 127. The number of benzene rings is 1. The molecule has 0 aliphatic heterocycles. The minimum absolute atomic E-state index is 0.865. The summed E-state index contributed by atoms with van der Waals surface area (Å²) in [5.74, 6) is 0.865. The lowest BCUT2D eigenvalue weighted by Crippen LogP contribution is -1.94. The second-order valence-corrected chi connectivity index (χ2v) is 3.89. The summed E-state index contributed by atoms with van der Waals surface area (Å²) < 4.78 is 8.19. The van der Waals surface area contributed by atoms with Crippen LogP contribution in [0.5, 0.6) is 5.75 Å².